The maximum Gasteiger partial charge on any atom is 0.306 e. The van der Waals surface area contributed by atoms with Crippen LogP contribution in [-0.4, -0.2) is 71.6 Å². The molecule has 8 heteroatoms. The van der Waals surface area contributed by atoms with Crippen LogP contribution in [0.3, 0.4) is 0 Å². The Morgan fingerprint density at radius 1 is 1.08 bits per heavy atom. The van der Waals surface area contributed by atoms with E-state index in [9.17, 15) is 9.59 Å². The monoisotopic (exact) mass is 333 g/mol. The van der Waals surface area contributed by atoms with Crippen molar-refractivity contribution in [1.29, 1.82) is 0 Å². The first-order valence-electron chi connectivity index (χ1n) is 8.34. The Balaban J connectivity index is 1.70. The number of nitrogens with zero attached hydrogens (tertiary/aromatic N) is 5. The number of rotatable bonds is 4. The van der Waals surface area contributed by atoms with Crippen LogP contribution in [0.1, 0.15) is 18.7 Å². The lowest BCUT2D eigenvalue weighted by Crippen LogP contribution is -2.46. The average molecular weight is 333 g/mol. The van der Waals surface area contributed by atoms with Gasteiger partial charge < -0.3 is 19.8 Å². The number of aliphatic carboxylic acids is 1. The fourth-order valence-corrected chi connectivity index (χ4v) is 3.27. The van der Waals surface area contributed by atoms with E-state index in [1.54, 1.807) is 4.90 Å². The van der Waals surface area contributed by atoms with Gasteiger partial charge in [0, 0.05) is 45.3 Å². The number of carboxylic acids is 1. The van der Waals surface area contributed by atoms with E-state index in [4.69, 9.17) is 5.11 Å². The molecular formula is C16H23N5O3. The van der Waals surface area contributed by atoms with E-state index < -0.39 is 5.97 Å². The van der Waals surface area contributed by atoms with E-state index in [0.717, 1.165) is 31.1 Å². The van der Waals surface area contributed by atoms with Gasteiger partial charge in [-0.05, 0) is 19.8 Å². The first kappa shape index (κ1) is 16.5. The Kier molecular flexibility index (Phi) is 4.82. The minimum atomic E-state index is -0.706. The topological polar surface area (TPSA) is 89.9 Å². The van der Waals surface area contributed by atoms with Gasteiger partial charge in [0.05, 0.1) is 5.92 Å². The van der Waals surface area contributed by atoms with Crippen LogP contribution < -0.4 is 9.80 Å². The Bertz CT molecular complexity index is 608. The van der Waals surface area contributed by atoms with E-state index in [0.29, 0.717) is 44.8 Å². The molecule has 2 fully saturated rings. The molecule has 2 aliphatic heterocycles. The van der Waals surface area contributed by atoms with Crippen molar-refractivity contribution in [1.82, 2.24) is 14.9 Å². The summed E-state index contributed by atoms with van der Waals surface area (Å²) in [4.78, 5) is 37.0. The smallest absolute Gasteiger partial charge is 0.306 e. The second-order valence-corrected chi connectivity index (χ2v) is 6.36. The molecule has 1 aromatic rings. The summed E-state index contributed by atoms with van der Waals surface area (Å²) in [6, 6.07) is 1.98. The molecule has 0 aliphatic carbocycles. The maximum atomic E-state index is 11.1. The summed E-state index contributed by atoms with van der Waals surface area (Å²) >= 11 is 0. The number of piperazine rings is 1. The van der Waals surface area contributed by atoms with E-state index in [2.05, 4.69) is 19.8 Å². The van der Waals surface area contributed by atoms with Gasteiger partial charge in [0.15, 0.2) is 0 Å². The maximum absolute atomic E-state index is 11.1. The number of piperidine rings is 1. The van der Waals surface area contributed by atoms with Crippen LogP contribution in [0, 0.1) is 12.8 Å². The van der Waals surface area contributed by atoms with Crippen molar-refractivity contribution in [3.63, 3.8) is 0 Å². The summed E-state index contributed by atoms with van der Waals surface area (Å²) in [6.45, 7) is 6.19. The molecule has 2 saturated heterocycles. The molecule has 0 bridgehead atoms. The van der Waals surface area contributed by atoms with Crippen LogP contribution in [0.5, 0.6) is 0 Å². The van der Waals surface area contributed by atoms with Gasteiger partial charge in [0.1, 0.15) is 17.5 Å². The molecule has 8 nitrogen and oxygen atoms in total. The highest BCUT2D eigenvalue weighted by atomic mass is 16.4. The van der Waals surface area contributed by atoms with Gasteiger partial charge in [0.25, 0.3) is 0 Å². The van der Waals surface area contributed by atoms with Crippen LogP contribution in [-0.2, 0) is 9.59 Å². The van der Waals surface area contributed by atoms with Gasteiger partial charge >= 0.3 is 5.97 Å². The van der Waals surface area contributed by atoms with Crippen molar-refractivity contribution >= 4 is 24.0 Å². The molecule has 3 rings (SSSR count). The zero-order valence-electron chi connectivity index (χ0n) is 13.9. The molecule has 3 heterocycles. The second-order valence-electron chi connectivity index (χ2n) is 6.36. The molecule has 24 heavy (non-hydrogen) atoms. The molecule has 0 radical (unpaired) electrons. The third-order valence-electron chi connectivity index (χ3n) is 4.77. The molecule has 0 saturated carbocycles. The molecule has 0 aromatic carbocycles. The number of hydrogen-bond donors (Lipinski definition) is 1. The van der Waals surface area contributed by atoms with Crippen molar-refractivity contribution in [2.45, 2.75) is 19.8 Å². The van der Waals surface area contributed by atoms with Gasteiger partial charge in [0.2, 0.25) is 6.41 Å². The molecule has 0 spiro atoms. The molecule has 0 unspecified atom stereocenters. The van der Waals surface area contributed by atoms with Gasteiger partial charge in [-0.2, -0.15) is 0 Å². The second kappa shape index (κ2) is 7.02. The van der Waals surface area contributed by atoms with Crippen molar-refractivity contribution < 1.29 is 14.7 Å². The highest BCUT2D eigenvalue weighted by molar-refractivity contribution is 5.70. The lowest BCUT2D eigenvalue weighted by atomic mass is 9.97. The quantitative estimate of drug-likeness (QED) is 0.796. The third-order valence-corrected chi connectivity index (χ3v) is 4.77. The Morgan fingerprint density at radius 3 is 2.12 bits per heavy atom. The normalized spacial score (nSPS) is 19.5. The van der Waals surface area contributed by atoms with E-state index in [1.165, 1.54) is 0 Å². The van der Waals surface area contributed by atoms with Gasteiger partial charge in [-0.3, -0.25) is 9.59 Å². The van der Waals surface area contributed by atoms with Crippen LogP contribution in [0.2, 0.25) is 0 Å². The number of carbonyl (C=O) groups excluding carboxylic acids is 1. The van der Waals surface area contributed by atoms with Gasteiger partial charge in [-0.25, -0.2) is 9.97 Å². The number of amides is 1. The summed E-state index contributed by atoms with van der Waals surface area (Å²) < 4.78 is 0. The zero-order valence-corrected chi connectivity index (χ0v) is 13.9. The average Bonchev–Trinajstić information content (AvgIpc) is 2.61. The number of aromatic nitrogens is 2. The molecule has 2 aliphatic rings. The highest BCUT2D eigenvalue weighted by Gasteiger charge is 2.26. The molecule has 1 amide bonds. The molecule has 130 valence electrons. The molecule has 1 N–H and O–H groups in total. The van der Waals surface area contributed by atoms with Crippen molar-refractivity contribution in [2.24, 2.45) is 5.92 Å². The number of carbonyl (C=O) groups is 2. The van der Waals surface area contributed by atoms with Gasteiger partial charge in [-0.1, -0.05) is 0 Å². The van der Waals surface area contributed by atoms with Crippen LogP contribution in [0.4, 0.5) is 11.6 Å². The zero-order chi connectivity index (χ0) is 17.1. The predicted octanol–water partition coefficient (Wildman–Crippen LogP) is 0.364. The molecular weight excluding hydrogens is 310 g/mol. The summed E-state index contributed by atoms with van der Waals surface area (Å²) in [5.41, 5.74) is 0. The number of aryl methyl sites for hydroxylation is 1. The van der Waals surface area contributed by atoms with Crippen LogP contribution in [0.15, 0.2) is 6.07 Å². The fourth-order valence-electron chi connectivity index (χ4n) is 3.27. The minimum Gasteiger partial charge on any atom is -0.481 e. The Hall–Kier alpha value is -2.38. The van der Waals surface area contributed by atoms with Crippen molar-refractivity contribution in [2.75, 3.05) is 49.1 Å². The summed E-state index contributed by atoms with van der Waals surface area (Å²) in [7, 11) is 0. The first-order valence-corrected chi connectivity index (χ1v) is 8.34. The largest absolute Gasteiger partial charge is 0.481 e. The fraction of sp³-hybridized carbons (Fsp3) is 0.625. The van der Waals surface area contributed by atoms with E-state index in [1.807, 2.05) is 13.0 Å². The molecule has 1 aromatic heterocycles. The number of anilines is 2. The van der Waals surface area contributed by atoms with E-state index >= 15 is 0 Å². The summed E-state index contributed by atoms with van der Waals surface area (Å²) in [6.07, 6.45) is 2.18. The van der Waals surface area contributed by atoms with Crippen LogP contribution >= 0.6 is 0 Å². The Labute approximate surface area is 141 Å². The standard InChI is InChI=1S/C16H23N5O3/c1-12-17-14(20-4-2-13(3-5-20)16(23)24)10-15(18-12)21-8-6-19(11-22)7-9-21/h10-11,13H,2-9H2,1H3,(H,23,24). The van der Waals surface area contributed by atoms with Crippen LogP contribution in [0.25, 0.3) is 0 Å². The van der Waals surface area contributed by atoms with E-state index in [-0.39, 0.29) is 5.92 Å². The predicted molar refractivity (Wildman–Crippen MR) is 89.2 cm³/mol. The summed E-state index contributed by atoms with van der Waals surface area (Å²) in [5, 5.41) is 9.12. The van der Waals surface area contributed by atoms with Crippen molar-refractivity contribution in [3.05, 3.63) is 11.9 Å². The van der Waals surface area contributed by atoms with Crippen molar-refractivity contribution in [3.8, 4) is 0 Å². The minimum absolute atomic E-state index is 0.250. The first-order chi connectivity index (χ1) is 11.6. The number of hydrogen-bond acceptors (Lipinski definition) is 6. The lowest BCUT2D eigenvalue weighted by molar-refractivity contribution is -0.142. The SMILES string of the molecule is Cc1nc(N2CCC(C(=O)O)CC2)cc(N2CCN(C=O)CC2)n1. The Morgan fingerprint density at radius 2 is 1.62 bits per heavy atom. The number of carboxylic acid groups (broad SMARTS) is 1. The lowest BCUT2D eigenvalue weighted by Gasteiger charge is -2.35. The molecule has 0 atom stereocenters. The summed E-state index contributed by atoms with van der Waals surface area (Å²) in [5.74, 6) is 1.49. The highest BCUT2D eigenvalue weighted by Crippen LogP contribution is 2.25. The van der Waals surface area contributed by atoms with Gasteiger partial charge in [-0.15, -0.1) is 0 Å². The third kappa shape index (κ3) is 3.58.